The van der Waals surface area contributed by atoms with Crippen LogP contribution >= 0.6 is 0 Å². The summed E-state index contributed by atoms with van der Waals surface area (Å²) in [6.07, 6.45) is 0.642. The van der Waals surface area contributed by atoms with E-state index in [4.69, 9.17) is 4.74 Å². The van der Waals surface area contributed by atoms with Crippen LogP contribution in [0.5, 0.6) is 5.75 Å². The highest BCUT2D eigenvalue weighted by Crippen LogP contribution is 2.59. The number of aliphatic hydroxyl groups is 1. The molecule has 2 rings (SSSR count). The fourth-order valence-electron chi connectivity index (χ4n) is 3.50. The molecule has 3 atom stereocenters. The third kappa shape index (κ3) is 2.42. The number of hydrogen-bond donors (Lipinski definition) is 2. The Kier molecular flexibility index (Phi) is 4.02. The van der Waals surface area contributed by atoms with Crippen molar-refractivity contribution in [1.29, 1.82) is 0 Å². The maximum atomic E-state index is 11.6. The quantitative estimate of drug-likeness (QED) is 0.894. The maximum Gasteiger partial charge on any atom is 0.309 e. The molecule has 0 bridgehead atoms. The zero-order valence-electron chi connectivity index (χ0n) is 13.1. The van der Waals surface area contributed by atoms with Crippen molar-refractivity contribution in [1.82, 2.24) is 0 Å². The SMILES string of the molecule is COc1ccc([C@H](O)[C@@H]2CC[C@](C)(C(=O)O)C2(C)C)cc1. The van der Waals surface area contributed by atoms with E-state index in [1.807, 2.05) is 38.1 Å². The summed E-state index contributed by atoms with van der Waals surface area (Å²) in [4.78, 5) is 11.6. The molecule has 1 saturated carbocycles. The Morgan fingerprint density at radius 3 is 2.29 bits per heavy atom. The Balaban J connectivity index is 2.27. The van der Waals surface area contributed by atoms with Crippen LogP contribution in [0.25, 0.3) is 0 Å². The molecule has 1 fully saturated rings. The first kappa shape index (κ1) is 15.8. The molecule has 0 unspecified atom stereocenters. The molecule has 4 heteroatoms. The van der Waals surface area contributed by atoms with Crippen LogP contribution in [0.4, 0.5) is 0 Å². The summed E-state index contributed by atoms with van der Waals surface area (Å²) < 4.78 is 5.12. The molecule has 0 aromatic heterocycles. The van der Waals surface area contributed by atoms with E-state index in [9.17, 15) is 15.0 Å². The average Bonchev–Trinajstić information content (AvgIpc) is 2.70. The van der Waals surface area contributed by atoms with E-state index in [0.29, 0.717) is 12.8 Å². The molecular formula is C17H24O4. The van der Waals surface area contributed by atoms with Crippen LogP contribution in [0.15, 0.2) is 24.3 Å². The van der Waals surface area contributed by atoms with Crippen molar-refractivity contribution < 1.29 is 19.7 Å². The summed E-state index contributed by atoms with van der Waals surface area (Å²) >= 11 is 0. The molecule has 21 heavy (non-hydrogen) atoms. The van der Waals surface area contributed by atoms with Crippen LogP contribution in [-0.2, 0) is 4.79 Å². The van der Waals surface area contributed by atoms with Gasteiger partial charge in [0.25, 0.3) is 0 Å². The molecule has 1 aromatic rings. The van der Waals surface area contributed by atoms with Gasteiger partial charge in [-0.3, -0.25) is 4.79 Å². The molecule has 0 spiro atoms. The van der Waals surface area contributed by atoms with Gasteiger partial charge < -0.3 is 14.9 Å². The van der Waals surface area contributed by atoms with Gasteiger partial charge in [-0.05, 0) is 48.8 Å². The Morgan fingerprint density at radius 1 is 1.29 bits per heavy atom. The van der Waals surface area contributed by atoms with E-state index < -0.39 is 22.9 Å². The molecule has 1 aliphatic rings. The van der Waals surface area contributed by atoms with Gasteiger partial charge in [0.2, 0.25) is 0 Å². The summed E-state index contributed by atoms with van der Waals surface area (Å²) in [6.45, 7) is 5.69. The standard InChI is InChI=1S/C17H24O4/c1-16(2)13(9-10-17(16,3)15(19)20)14(18)11-5-7-12(21-4)8-6-11/h5-8,13-14,18H,9-10H2,1-4H3,(H,19,20)/t13-,14-,17+/m0/s1. The van der Waals surface area contributed by atoms with Crippen LogP contribution in [0.3, 0.4) is 0 Å². The lowest BCUT2D eigenvalue weighted by Gasteiger charge is -2.40. The molecule has 1 aromatic carbocycles. The minimum atomic E-state index is -0.800. The fraction of sp³-hybridized carbons (Fsp3) is 0.588. The minimum absolute atomic E-state index is 0.0769. The van der Waals surface area contributed by atoms with Crippen molar-refractivity contribution in [2.75, 3.05) is 7.11 Å². The van der Waals surface area contributed by atoms with Gasteiger partial charge in [-0.25, -0.2) is 0 Å². The summed E-state index contributed by atoms with van der Waals surface area (Å²) in [5.41, 5.74) is -0.466. The first-order valence-electron chi connectivity index (χ1n) is 7.29. The zero-order chi connectivity index (χ0) is 15.8. The monoisotopic (exact) mass is 292 g/mol. The molecule has 4 nitrogen and oxygen atoms in total. The smallest absolute Gasteiger partial charge is 0.309 e. The van der Waals surface area contributed by atoms with Gasteiger partial charge in [0.1, 0.15) is 5.75 Å². The van der Waals surface area contributed by atoms with Gasteiger partial charge in [-0.1, -0.05) is 26.0 Å². The molecule has 1 aliphatic carbocycles. The van der Waals surface area contributed by atoms with Gasteiger partial charge in [0, 0.05) is 0 Å². The number of carboxylic acids is 1. The number of aliphatic carboxylic acids is 1. The summed E-state index contributed by atoms with van der Waals surface area (Å²) in [5.74, 6) is -0.115. The summed E-state index contributed by atoms with van der Waals surface area (Å²) in [6, 6.07) is 7.32. The highest BCUT2D eigenvalue weighted by Gasteiger charge is 2.57. The number of hydrogen-bond acceptors (Lipinski definition) is 3. The minimum Gasteiger partial charge on any atom is -0.497 e. The number of carbonyl (C=O) groups is 1. The van der Waals surface area contributed by atoms with Crippen LogP contribution in [0.2, 0.25) is 0 Å². The van der Waals surface area contributed by atoms with E-state index in [1.165, 1.54) is 0 Å². The van der Waals surface area contributed by atoms with Crippen molar-refractivity contribution in [2.45, 2.75) is 39.7 Å². The van der Waals surface area contributed by atoms with E-state index in [-0.39, 0.29) is 5.92 Å². The Morgan fingerprint density at radius 2 is 1.86 bits per heavy atom. The van der Waals surface area contributed by atoms with E-state index in [0.717, 1.165) is 11.3 Å². The first-order chi connectivity index (χ1) is 9.74. The molecule has 0 saturated heterocycles. The normalized spacial score (nSPS) is 29.1. The number of methoxy groups -OCH3 is 1. The lowest BCUT2D eigenvalue weighted by atomic mass is 9.64. The second-order valence-corrected chi connectivity index (χ2v) is 6.72. The lowest BCUT2D eigenvalue weighted by molar-refractivity contribution is -0.155. The van der Waals surface area contributed by atoms with Gasteiger partial charge in [0.05, 0.1) is 18.6 Å². The second-order valence-electron chi connectivity index (χ2n) is 6.72. The molecule has 2 N–H and O–H groups in total. The molecular weight excluding hydrogens is 268 g/mol. The van der Waals surface area contributed by atoms with Crippen molar-refractivity contribution in [3.63, 3.8) is 0 Å². The lowest BCUT2D eigenvalue weighted by Crippen LogP contribution is -2.42. The summed E-state index contributed by atoms with van der Waals surface area (Å²) in [7, 11) is 1.60. The predicted molar refractivity (Wildman–Crippen MR) is 80.2 cm³/mol. The third-order valence-electron chi connectivity index (χ3n) is 5.61. The predicted octanol–water partition coefficient (Wildman–Crippen LogP) is 3.26. The van der Waals surface area contributed by atoms with Crippen molar-refractivity contribution >= 4 is 5.97 Å². The van der Waals surface area contributed by atoms with Crippen LogP contribution in [-0.4, -0.2) is 23.3 Å². The van der Waals surface area contributed by atoms with Crippen molar-refractivity contribution in [2.24, 2.45) is 16.7 Å². The molecule has 0 radical (unpaired) electrons. The number of rotatable bonds is 4. The molecule has 116 valence electrons. The number of carboxylic acid groups (broad SMARTS) is 1. The number of benzene rings is 1. The van der Waals surface area contributed by atoms with Gasteiger partial charge in [-0.15, -0.1) is 0 Å². The highest BCUT2D eigenvalue weighted by atomic mass is 16.5. The van der Waals surface area contributed by atoms with E-state index >= 15 is 0 Å². The van der Waals surface area contributed by atoms with Crippen molar-refractivity contribution in [3.8, 4) is 5.75 Å². The highest BCUT2D eigenvalue weighted by molar-refractivity contribution is 5.75. The topological polar surface area (TPSA) is 66.8 Å². The maximum absolute atomic E-state index is 11.6. The first-order valence-corrected chi connectivity index (χ1v) is 7.29. The van der Waals surface area contributed by atoms with Gasteiger partial charge >= 0.3 is 5.97 Å². The molecule has 0 aliphatic heterocycles. The van der Waals surface area contributed by atoms with Gasteiger partial charge in [-0.2, -0.15) is 0 Å². The Labute approximate surface area is 125 Å². The third-order valence-corrected chi connectivity index (χ3v) is 5.61. The van der Waals surface area contributed by atoms with Crippen molar-refractivity contribution in [3.05, 3.63) is 29.8 Å². The molecule has 0 heterocycles. The largest absolute Gasteiger partial charge is 0.497 e. The molecule has 0 amide bonds. The Bertz CT molecular complexity index is 520. The zero-order valence-corrected chi connectivity index (χ0v) is 13.1. The fourth-order valence-corrected chi connectivity index (χ4v) is 3.50. The Hall–Kier alpha value is -1.55. The summed E-state index contributed by atoms with van der Waals surface area (Å²) in [5, 5.41) is 20.2. The van der Waals surface area contributed by atoms with Gasteiger partial charge in [0.15, 0.2) is 0 Å². The van der Waals surface area contributed by atoms with E-state index in [1.54, 1.807) is 14.0 Å². The number of ether oxygens (including phenoxy) is 1. The van der Waals surface area contributed by atoms with Crippen LogP contribution in [0, 0.1) is 16.7 Å². The van der Waals surface area contributed by atoms with E-state index in [2.05, 4.69) is 0 Å². The van der Waals surface area contributed by atoms with Crippen LogP contribution < -0.4 is 4.74 Å². The number of aliphatic hydroxyl groups excluding tert-OH is 1. The second kappa shape index (κ2) is 5.34. The van der Waals surface area contributed by atoms with Crippen LogP contribution in [0.1, 0.15) is 45.3 Å². The average molecular weight is 292 g/mol.